The van der Waals surface area contributed by atoms with Gasteiger partial charge in [-0.25, -0.2) is 0 Å². The van der Waals surface area contributed by atoms with Gasteiger partial charge in [-0.05, 0) is 35.0 Å². The van der Waals surface area contributed by atoms with E-state index in [1.54, 1.807) is 6.92 Å². The maximum absolute atomic E-state index is 11.9. The SMILES string of the molecule is Cc1[nH]ncc1C(=O)Nc1cc(Cl)cc(Br)c1O. The molecule has 1 amide bonds. The molecule has 2 rings (SSSR count). The van der Waals surface area contributed by atoms with Crippen LogP contribution in [0.2, 0.25) is 5.02 Å². The lowest BCUT2D eigenvalue weighted by atomic mass is 10.2. The fourth-order valence-electron chi connectivity index (χ4n) is 1.43. The van der Waals surface area contributed by atoms with Crippen molar-refractivity contribution in [2.75, 3.05) is 5.32 Å². The molecule has 1 heterocycles. The lowest BCUT2D eigenvalue weighted by molar-refractivity contribution is 0.102. The number of aromatic nitrogens is 2. The third-order valence-corrected chi connectivity index (χ3v) is 3.17. The molecule has 94 valence electrons. The van der Waals surface area contributed by atoms with Crippen LogP contribution in [0.3, 0.4) is 0 Å². The van der Waals surface area contributed by atoms with Crippen molar-refractivity contribution < 1.29 is 9.90 Å². The molecule has 0 saturated heterocycles. The van der Waals surface area contributed by atoms with Crippen LogP contribution in [0.4, 0.5) is 5.69 Å². The topological polar surface area (TPSA) is 78.0 Å². The van der Waals surface area contributed by atoms with Gasteiger partial charge in [0.15, 0.2) is 5.75 Å². The highest BCUT2D eigenvalue weighted by atomic mass is 79.9. The van der Waals surface area contributed by atoms with E-state index in [-0.39, 0.29) is 17.3 Å². The number of hydrogen-bond donors (Lipinski definition) is 3. The van der Waals surface area contributed by atoms with E-state index in [0.29, 0.717) is 20.8 Å². The van der Waals surface area contributed by atoms with E-state index in [1.807, 2.05) is 0 Å². The molecule has 1 aromatic carbocycles. The zero-order valence-corrected chi connectivity index (χ0v) is 11.6. The summed E-state index contributed by atoms with van der Waals surface area (Å²) in [6.45, 7) is 1.73. The molecule has 2 aromatic rings. The number of carbonyl (C=O) groups is 1. The molecule has 5 nitrogen and oxygen atoms in total. The number of benzene rings is 1. The number of H-pyrrole nitrogens is 1. The highest BCUT2D eigenvalue weighted by molar-refractivity contribution is 9.10. The summed E-state index contributed by atoms with van der Waals surface area (Å²) in [6, 6.07) is 3.00. The lowest BCUT2D eigenvalue weighted by Crippen LogP contribution is -2.12. The summed E-state index contributed by atoms with van der Waals surface area (Å²) in [5, 5.41) is 19.2. The van der Waals surface area contributed by atoms with Gasteiger partial charge in [0.25, 0.3) is 5.91 Å². The lowest BCUT2D eigenvalue weighted by Gasteiger charge is -2.08. The van der Waals surface area contributed by atoms with Crippen LogP contribution >= 0.6 is 27.5 Å². The average molecular weight is 331 g/mol. The molecule has 0 aliphatic heterocycles. The predicted octanol–water partition coefficient (Wildman–Crippen LogP) is 3.09. The molecule has 0 bridgehead atoms. The fourth-order valence-corrected chi connectivity index (χ4v) is 2.24. The smallest absolute Gasteiger partial charge is 0.259 e. The Bertz CT molecular complexity index is 612. The van der Waals surface area contributed by atoms with Gasteiger partial charge in [-0.1, -0.05) is 11.6 Å². The fraction of sp³-hybridized carbons (Fsp3) is 0.0909. The molecule has 0 spiro atoms. The van der Waals surface area contributed by atoms with Gasteiger partial charge in [0.2, 0.25) is 0 Å². The third kappa shape index (κ3) is 2.49. The molecule has 0 atom stereocenters. The van der Waals surface area contributed by atoms with Gasteiger partial charge < -0.3 is 10.4 Å². The Kier molecular flexibility index (Phi) is 3.58. The number of aromatic amines is 1. The van der Waals surface area contributed by atoms with Crippen molar-refractivity contribution in [1.29, 1.82) is 0 Å². The van der Waals surface area contributed by atoms with Crippen LogP contribution in [0.25, 0.3) is 0 Å². The molecule has 0 radical (unpaired) electrons. The first-order valence-corrected chi connectivity index (χ1v) is 6.15. The Morgan fingerprint density at radius 1 is 1.56 bits per heavy atom. The van der Waals surface area contributed by atoms with E-state index in [9.17, 15) is 9.90 Å². The van der Waals surface area contributed by atoms with Crippen molar-refractivity contribution in [1.82, 2.24) is 10.2 Å². The number of rotatable bonds is 2. The van der Waals surface area contributed by atoms with Crippen LogP contribution in [-0.2, 0) is 0 Å². The molecule has 0 unspecified atom stereocenters. The largest absolute Gasteiger partial charge is 0.505 e. The molecular weight excluding hydrogens is 321 g/mol. The second kappa shape index (κ2) is 4.99. The van der Waals surface area contributed by atoms with E-state index < -0.39 is 0 Å². The summed E-state index contributed by atoms with van der Waals surface area (Å²) in [6.07, 6.45) is 1.42. The van der Waals surface area contributed by atoms with Crippen molar-refractivity contribution in [3.63, 3.8) is 0 Å². The molecule has 3 N–H and O–H groups in total. The Hall–Kier alpha value is -1.53. The zero-order valence-electron chi connectivity index (χ0n) is 9.29. The molecule has 0 fully saturated rings. The average Bonchev–Trinajstić information content (AvgIpc) is 2.71. The number of nitrogens with zero attached hydrogens (tertiary/aromatic N) is 1. The highest BCUT2D eigenvalue weighted by Crippen LogP contribution is 2.35. The first-order valence-electron chi connectivity index (χ1n) is 4.98. The maximum Gasteiger partial charge on any atom is 0.259 e. The summed E-state index contributed by atoms with van der Waals surface area (Å²) in [5.41, 5.74) is 1.29. The number of hydrogen-bond acceptors (Lipinski definition) is 3. The van der Waals surface area contributed by atoms with E-state index in [2.05, 4.69) is 31.4 Å². The number of phenols is 1. The van der Waals surface area contributed by atoms with Crippen LogP contribution in [0, 0.1) is 6.92 Å². The number of nitrogens with one attached hydrogen (secondary N) is 2. The van der Waals surface area contributed by atoms with Gasteiger partial charge in [0, 0.05) is 10.7 Å². The Labute approximate surface area is 116 Å². The molecule has 1 aromatic heterocycles. The Morgan fingerprint density at radius 2 is 2.28 bits per heavy atom. The van der Waals surface area contributed by atoms with Gasteiger partial charge in [0.05, 0.1) is 21.9 Å². The quantitative estimate of drug-likeness (QED) is 0.740. The monoisotopic (exact) mass is 329 g/mol. The number of amides is 1. The van der Waals surface area contributed by atoms with Crippen LogP contribution in [0.15, 0.2) is 22.8 Å². The zero-order chi connectivity index (χ0) is 13.3. The second-order valence-corrected chi connectivity index (χ2v) is 4.94. The maximum atomic E-state index is 11.9. The molecular formula is C11H9BrClN3O2. The predicted molar refractivity (Wildman–Crippen MR) is 72.1 cm³/mol. The van der Waals surface area contributed by atoms with Gasteiger partial charge in [-0.3, -0.25) is 9.89 Å². The van der Waals surface area contributed by atoms with Crippen molar-refractivity contribution in [3.05, 3.63) is 39.1 Å². The van der Waals surface area contributed by atoms with Crippen LogP contribution in [0.5, 0.6) is 5.75 Å². The van der Waals surface area contributed by atoms with Crippen LogP contribution in [-0.4, -0.2) is 21.2 Å². The molecule has 7 heteroatoms. The van der Waals surface area contributed by atoms with E-state index in [0.717, 1.165) is 0 Å². The van der Waals surface area contributed by atoms with Crippen LogP contribution in [0.1, 0.15) is 16.1 Å². The van der Waals surface area contributed by atoms with Gasteiger partial charge >= 0.3 is 0 Å². The number of anilines is 1. The number of halogens is 2. The van der Waals surface area contributed by atoms with Gasteiger partial charge in [0.1, 0.15) is 0 Å². The number of carbonyl (C=O) groups excluding carboxylic acids is 1. The minimum absolute atomic E-state index is 0.0751. The second-order valence-electron chi connectivity index (χ2n) is 3.65. The van der Waals surface area contributed by atoms with Crippen molar-refractivity contribution in [3.8, 4) is 5.75 Å². The molecule has 0 aliphatic carbocycles. The molecule has 0 aliphatic rings. The Morgan fingerprint density at radius 3 is 2.89 bits per heavy atom. The van der Waals surface area contributed by atoms with Gasteiger partial charge in [-0.2, -0.15) is 5.10 Å². The minimum Gasteiger partial charge on any atom is -0.505 e. The first-order chi connectivity index (χ1) is 8.49. The van der Waals surface area contributed by atoms with Crippen molar-refractivity contribution in [2.24, 2.45) is 0 Å². The number of phenolic OH excluding ortho intramolecular Hbond substituents is 1. The Balaban J connectivity index is 2.30. The normalized spacial score (nSPS) is 10.4. The van der Waals surface area contributed by atoms with E-state index >= 15 is 0 Å². The first kappa shape index (κ1) is 12.9. The van der Waals surface area contributed by atoms with E-state index in [4.69, 9.17) is 11.6 Å². The minimum atomic E-state index is -0.370. The van der Waals surface area contributed by atoms with Gasteiger partial charge in [-0.15, -0.1) is 0 Å². The molecule has 18 heavy (non-hydrogen) atoms. The summed E-state index contributed by atoms with van der Waals surface area (Å²) in [5.74, 6) is -0.445. The summed E-state index contributed by atoms with van der Waals surface area (Å²) in [7, 11) is 0. The standard InChI is InChI=1S/C11H9BrClN3O2/c1-5-7(4-14-16-5)11(18)15-9-3-6(13)2-8(12)10(9)17/h2-4,17H,1H3,(H,14,16)(H,15,18). The van der Waals surface area contributed by atoms with Crippen molar-refractivity contribution in [2.45, 2.75) is 6.92 Å². The summed E-state index contributed by atoms with van der Waals surface area (Å²) >= 11 is 9.00. The number of aryl methyl sites for hydroxylation is 1. The summed E-state index contributed by atoms with van der Waals surface area (Å²) < 4.78 is 0.411. The third-order valence-electron chi connectivity index (χ3n) is 2.35. The van der Waals surface area contributed by atoms with E-state index in [1.165, 1.54) is 18.3 Å². The van der Waals surface area contributed by atoms with Crippen molar-refractivity contribution >= 4 is 39.1 Å². The highest BCUT2D eigenvalue weighted by Gasteiger charge is 2.14. The molecule has 0 saturated carbocycles. The van der Waals surface area contributed by atoms with Crippen LogP contribution < -0.4 is 5.32 Å². The summed E-state index contributed by atoms with van der Waals surface area (Å²) in [4.78, 5) is 11.9. The number of aromatic hydroxyl groups is 1.